The Bertz CT molecular complexity index is 508. The number of hydrogen-bond donors (Lipinski definition) is 3. The molecule has 1 amide bonds. The van der Waals surface area contributed by atoms with Gasteiger partial charge in [-0.15, -0.1) is 0 Å². The Morgan fingerprint density at radius 3 is 2.63 bits per heavy atom. The number of methoxy groups -OCH3 is 1. The number of carboxylic acids is 1. The summed E-state index contributed by atoms with van der Waals surface area (Å²) in [6.07, 6.45) is 0.845. The molecule has 1 aromatic rings. The lowest BCUT2D eigenvalue weighted by atomic mass is 9.80. The molecule has 0 unspecified atom stereocenters. The fourth-order valence-corrected chi connectivity index (χ4v) is 2.02. The Kier molecular flexibility index (Phi) is 3.59. The summed E-state index contributed by atoms with van der Waals surface area (Å²) in [5, 5.41) is 21.1. The average Bonchev–Trinajstić information content (AvgIpc) is 2.33. The van der Waals surface area contributed by atoms with Crippen LogP contribution in [0.2, 0.25) is 0 Å². The molecular formula is C13H15NO5. The smallest absolute Gasteiger partial charge is 0.306 e. The number of phenols is 1. The number of aromatic hydroxyl groups is 1. The summed E-state index contributed by atoms with van der Waals surface area (Å²) in [4.78, 5) is 22.6. The number of carboxylic acid groups (broad SMARTS) is 1. The van der Waals surface area contributed by atoms with Crippen molar-refractivity contribution in [2.45, 2.75) is 18.9 Å². The van der Waals surface area contributed by atoms with Crippen molar-refractivity contribution in [2.24, 2.45) is 5.92 Å². The SMILES string of the molecule is COc1ccc(O)c(C(=O)NC2CC(C(=O)O)C2)c1. The number of hydrogen-bond acceptors (Lipinski definition) is 4. The van der Waals surface area contributed by atoms with Gasteiger partial charge in [-0.25, -0.2) is 0 Å². The summed E-state index contributed by atoms with van der Waals surface area (Å²) in [6, 6.07) is 4.22. The van der Waals surface area contributed by atoms with E-state index in [0.717, 1.165) is 0 Å². The minimum absolute atomic E-state index is 0.123. The molecule has 1 saturated carbocycles. The van der Waals surface area contributed by atoms with E-state index in [-0.39, 0.29) is 23.3 Å². The normalized spacial score (nSPS) is 21.3. The molecule has 1 aliphatic carbocycles. The minimum Gasteiger partial charge on any atom is -0.507 e. The first kappa shape index (κ1) is 13.2. The van der Waals surface area contributed by atoms with E-state index >= 15 is 0 Å². The lowest BCUT2D eigenvalue weighted by Crippen LogP contribution is -2.46. The van der Waals surface area contributed by atoms with Gasteiger partial charge >= 0.3 is 5.97 Å². The number of aliphatic carboxylic acids is 1. The second-order valence-corrected chi connectivity index (χ2v) is 4.56. The van der Waals surface area contributed by atoms with E-state index in [1.54, 1.807) is 6.07 Å². The van der Waals surface area contributed by atoms with Crippen LogP contribution in [0.1, 0.15) is 23.2 Å². The van der Waals surface area contributed by atoms with Gasteiger partial charge in [0, 0.05) is 6.04 Å². The summed E-state index contributed by atoms with van der Waals surface area (Å²) in [5.74, 6) is -1.31. The van der Waals surface area contributed by atoms with Crippen LogP contribution < -0.4 is 10.1 Å². The highest BCUT2D eigenvalue weighted by Crippen LogP contribution is 2.29. The minimum atomic E-state index is -0.838. The van der Waals surface area contributed by atoms with E-state index in [1.807, 2.05) is 0 Å². The number of benzene rings is 1. The second kappa shape index (κ2) is 5.17. The van der Waals surface area contributed by atoms with Crippen molar-refractivity contribution in [1.82, 2.24) is 5.32 Å². The average molecular weight is 265 g/mol. The van der Waals surface area contributed by atoms with Gasteiger partial charge in [-0.1, -0.05) is 0 Å². The zero-order chi connectivity index (χ0) is 14.0. The summed E-state index contributed by atoms with van der Waals surface area (Å²) >= 11 is 0. The highest BCUT2D eigenvalue weighted by atomic mass is 16.5. The molecule has 6 heteroatoms. The standard InChI is InChI=1S/C13H15NO5/c1-19-9-2-3-11(15)10(6-9)12(16)14-8-4-7(5-8)13(17)18/h2-3,6-8,15H,4-5H2,1H3,(H,14,16)(H,17,18). The van der Waals surface area contributed by atoms with Gasteiger partial charge in [-0.2, -0.15) is 0 Å². The molecule has 0 spiro atoms. The third kappa shape index (κ3) is 2.78. The summed E-state index contributed by atoms with van der Waals surface area (Å²) in [5.41, 5.74) is 0.123. The summed E-state index contributed by atoms with van der Waals surface area (Å²) in [7, 11) is 1.47. The van der Waals surface area contributed by atoms with Crippen molar-refractivity contribution in [1.29, 1.82) is 0 Å². The fourth-order valence-electron chi connectivity index (χ4n) is 2.02. The lowest BCUT2D eigenvalue weighted by molar-refractivity contribution is -0.145. The van der Waals surface area contributed by atoms with Gasteiger partial charge in [-0.3, -0.25) is 9.59 Å². The highest BCUT2D eigenvalue weighted by molar-refractivity contribution is 5.97. The molecule has 0 aromatic heterocycles. The largest absolute Gasteiger partial charge is 0.507 e. The molecule has 0 saturated heterocycles. The molecule has 1 aliphatic rings. The van der Waals surface area contributed by atoms with Crippen molar-refractivity contribution < 1.29 is 24.5 Å². The second-order valence-electron chi connectivity index (χ2n) is 4.56. The Morgan fingerprint density at radius 1 is 1.37 bits per heavy atom. The molecule has 1 aromatic carbocycles. The fraction of sp³-hybridized carbons (Fsp3) is 0.385. The summed E-state index contributed by atoms with van der Waals surface area (Å²) < 4.78 is 4.98. The van der Waals surface area contributed by atoms with Crippen LogP contribution in [0.4, 0.5) is 0 Å². The van der Waals surface area contributed by atoms with Gasteiger partial charge in [0.05, 0.1) is 18.6 Å². The van der Waals surface area contributed by atoms with E-state index in [4.69, 9.17) is 9.84 Å². The van der Waals surface area contributed by atoms with Gasteiger partial charge in [0.25, 0.3) is 5.91 Å². The third-order valence-electron chi connectivity index (χ3n) is 3.27. The van der Waals surface area contributed by atoms with Crippen LogP contribution in [0.15, 0.2) is 18.2 Å². The molecule has 0 aliphatic heterocycles. The van der Waals surface area contributed by atoms with E-state index in [2.05, 4.69) is 5.32 Å². The number of carbonyl (C=O) groups is 2. The molecule has 102 valence electrons. The van der Waals surface area contributed by atoms with E-state index in [0.29, 0.717) is 18.6 Å². The zero-order valence-corrected chi connectivity index (χ0v) is 10.4. The van der Waals surface area contributed by atoms with Crippen molar-refractivity contribution in [3.05, 3.63) is 23.8 Å². The van der Waals surface area contributed by atoms with Crippen LogP contribution in [0.3, 0.4) is 0 Å². The Morgan fingerprint density at radius 2 is 2.05 bits per heavy atom. The Labute approximate surface area is 110 Å². The van der Waals surface area contributed by atoms with Gasteiger partial charge in [0.15, 0.2) is 0 Å². The molecular weight excluding hydrogens is 250 g/mol. The first-order valence-corrected chi connectivity index (χ1v) is 5.92. The monoisotopic (exact) mass is 265 g/mol. The van der Waals surface area contributed by atoms with Gasteiger partial charge < -0.3 is 20.3 Å². The number of carbonyl (C=O) groups excluding carboxylic acids is 1. The number of phenolic OH excluding ortho intramolecular Hbond substituents is 1. The van der Waals surface area contributed by atoms with Crippen LogP contribution >= 0.6 is 0 Å². The topological polar surface area (TPSA) is 95.9 Å². The summed E-state index contributed by atoms with van der Waals surface area (Å²) in [6.45, 7) is 0. The molecule has 19 heavy (non-hydrogen) atoms. The van der Waals surface area contributed by atoms with Crippen molar-refractivity contribution in [3.8, 4) is 11.5 Å². The van der Waals surface area contributed by atoms with Crippen molar-refractivity contribution >= 4 is 11.9 Å². The maximum absolute atomic E-state index is 11.9. The molecule has 2 rings (SSSR count). The Balaban J connectivity index is 1.99. The molecule has 6 nitrogen and oxygen atoms in total. The van der Waals surface area contributed by atoms with Crippen LogP contribution in [0, 0.1) is 5.92 Å². The van der Waals surface area contributed by atoms with E-state index < -0.39 is 11.9 Å². The van der Waals surface area contributed by atoms with Crippen LogP contribution in [-0.4, -0.2) is 35.2 Å². The molecule has 0 bridgehead atoms. The third-order valence-corrected chi connectivity index (χ3v) is 3.27. The van der Waals surface area contributed by atoms with Crippen LogP contribution in [0.25, 0.3) is 0 Å². The molecule has 0 atom stereocenters. The maximum Gasteiger partial charge on any atom is 0.306 e. The molecule has 0 radical (unpaired) electrons. The van der Waals surface area contributed by atoms with Gasteiger partial charge in [0.2, 0.25) is 0 Å². The predicted molar refractivity (Wildman–Crippen MR) is 66.3 cm³/mol. The quantitative estimate of drug-likeness (QED) is 0.754. The predicted octanol–water partition coefficient (Wildman–Crippen LogP) is 0.994. The van der Waals surface area contributed by atoms with Gasteiger partial charge in [0.1, 0.15) is 11.5 Å². The van der Waals surface area contributed by atoms with Gasteiger partial charge in [-0.05, 0) is 31.0 Å². The number of rotatable bonds is 4. The van der Waals surface area contributed by atoms with Crippen LogP contribution in [0.5, 0.6) is 11.5 Å². The van der Waals surface area contributed by atoms with Crippen molar-refractivity contribution in [3.63, 3.8) is 0 Å². The maximum atomic E-state index is 11.9. The Hall–Kier alpha value is -2.24. The molecule has 0 heterocycles. The number of ether oxygens (including phenoxy) is 1. The molecule has 3 N–H and O–H groups in total. The van der Waals surface area contributed by atoms with E-state index in [1.165, 1.54) is 19.2 Å². The van der Waals surface area contributed by atoms with E-state index in [9.17, 15) is 14.7 Å². The highest BCUT2D eigenvalue weighted by Gasteiger charge is 2.35. The lowest BCUT2D eigenvalue weighted by Gasteiger charge is -2.32. The number of amides is 1. The van der Waals surface area contributed by atoms with Crippen LogP contribution in [-0.2, 0) is 4.79 Å². The van der Waals surface area contributed by atoms with Crippen molar-refractivity contribution in [2.75, 3.05) is 7.11 Å². The molecule has 1 fully saturated rings. The first-order chi connectivity index (χ1) is 9.01. The number of nitrogens with one attached hydrogen (secondary N) is 1. The zero-order valence-electron chi connectivity index (χ0n) is 10.4. The first-order valence-electron chi connectivity index (χ1n) is 5.92.